The van der Waals surface area contributed by atoms with E-state index in [0.717, 1.165) is 22.7 Å². The van der Waals surface area contributed by atoms with Crippen LogP contribution >= 0.6 is 0 Å². The van der Waals surface area contributed by atoms with Gasteiger partial charge < -0.3 is 14.8 Å². The molecule has 0 saturated carbocycles. The zero-order valence-electron chi connectivity index (χ0n) is 8.54. The summed E-state index contributed by atoms with van der Waals surface area (Å²) in [6, 6.07) is 5.94. The maximum Gasteiger partial charge on any atom is 0.231 e. The zero-order chi connectivity index (χ0) is 10.7. The molecule has 1 heterocycles. The number of fused-ring (bicyclic) bond motifs is 1. The predicted octanol–water partition coefficient (Wildman–Crippen LogP) is 2.05. The van der Waals surface area contributed by atoms with E-state index in [1.807, 2.05) is 19.1 Å². The van der Waals surface area contributed by atoms with Gasteiger partial charge in [0.25, 0.3) is 0 Å². The maximum atomic E-state index is 8.43. The summed E-state index contributed by atoms with van der Waals surface area (Å²) in [5.74, 6) is 1.55. The molecular weight excluding hydrogens is 192 g/mol. The summed E-state index contributed by atoms with van der Waals surface area (Å²) in [5.41, 5.74) is 2.09. The molecule has 0 radical (unpaired) electrons. The predicted molar refractivity (Wildman–Crippen MR) is 56.0 cm³/mol. The third-order valence-electron chi connectivity index (χ3n) is 2.27. The number of ether oxygens (including phenoxy) is 2. The highest BCUT2D eigenvalue weighted by atomic mass is 16.7. The summed E-state index contributed by atoms with van der Waals surface area (Å²) in [6.45, 7) is 2.93. The lowest BCUT2D eigenvalue weighted by atomic mass is 10.1. The second kappa shape index (κ2) is 4.09. The highest BCUT2D eigenvalue weighted by Crippen LogP contribution is 2.36. The van der Waals surface area contributed by atoms with Crippen LogP contribution in [0.3, 0.4) is 0 Å². The highest BCUT2D eigenvalue weighted by molar-refractivity contribution is 5.60. The minimum absolute atomic E-state index is 0.288. The standard InChI is InChI=1S/C11H12N2O2/c1-8-5-10-11(15-7-14-10)6-9(8)13-4-2-3-12/h5-6,13H,2,4,7H2,1H3. The van der Waals surface area contributed by atoms with Crippen LogP contribution in [-0.4, -0.2) is 13.3 Å². The maximum absolute atomic E-state index is 8.43. The number of anilines is 1. The Bertz CT molecular complexity index is 410. The molecule has 1 aliphatic rings. The van der Waals surface area contributed by atoms with Crippen molar-refractivity contribution >= 4 is 5.69 Å². The Morgan fingerprint density at radius 2 is 2.13 bits per heavy atom. The summed E-state index contributed by atoms with van der Waals surface area (Å²) in [6.07, 6.45) is 0.494. The molecule has 15 heavy (non-hydrogen) atoms. The van der Waals surface area contributed by atoms with Crippen molar-refractivity contribution < 1.29 is 9.47 Å². The number of nitriles is 1. The first-order valence-electron chi connectivity index (χ1n) is 4.82. The van der Waals surface area contributed by atoms with Crippen molar-refractivity contribution in [1.82, 2.24) is 0 Å². The van der Waals surface area contributed by atoms with Gasteiger partial charge >= 0.3 is 0 Å². The van der Waals surface area contributed by atoms with Gasteiger partial charge in [0, 0.05) is 18.3 Å². The second-order valence-corrected chi connectivity index (χ2v) is 3.36. The van der Waals surface area contributed by atoms with E-state index in [9.17, 15) is 0 Å². The van der Waals surface area contributed by atoms with Crippen LogP contribution < -0.4 is 14.8 Å². The van der Waals surface area contributed by atoms with Gasteiger partial charge in [0.1, 0.15) is 0 Å². The van der Waals surface area contributed by atoms with Crippen LogP contribution in [0.2, 0.25) is 0 Å². The van der Waals surface area contributed by atoms with Gasteiger partial charge in [-0.15, -0.1) is 0 Å². The molecule has 0 unspecified atom stereocenters. The third-order valence-corrected chi connectivity index (χ3v) is 2.27. The van der Waals surface area contributed by atoms with Crippen LogP contribution in [0.1, 0.15) is 12.0 Å². The van der Waals surface area contributed by atoms with E-state index >= 15 is 0 Å². The molecule has 0 amide bonds. The summed E-state index contributed by atoms with van der Waals surface area (Å²) in [7, 11) is 0. The number of nitrogens with zero attached hydrogens (tertiary/aromatic N) is 1. The van der Waals surface area contributed by atoms with Gasteiger partial charge in [-0.2, -0.15) is 5.26 Å². The van der Waals surface area contributed by atoms with Crippen molar-refractivity contribution in [3.63, 3.8) is 0 Å². The van der Waals surface area contributed by atoms with Gasteiger partial charge in [0.05, 0.1) is 12.5 Å². The molecule has 0 aromatic heterocycles. The monoisotopic (exact) mass is 204 g/mol. The van der Waals surface area contributed by atoms with Gasteiger partial charge in [-0.25, -0.2) is 0 Å². The fourth-order valence-corrected chi connectivity index (χ4v) is 1.49. The van der Waals surface area contributed by atoms with Crippen molar-refractivity contribution in [3.8, 4) is 17.6 Å². The molecule has 0 atom stereocenters. The molecule has 4 heteroatoms. The molecule has 1 N–H and O–H groups in total. The lowest BCUT2D eigenvalue weighted by molar-refractivity contribution is 0.174. The Balaban J connectivity index is 2.14. The Hall–Kier alpha value is -1.89. The third kappa shape index (κ3) is 1.96. The number of benzene rings is 1. The van der Waals surface area contributed by atoms with Crippen LogP contribution in [0.4, 0.5) is 5.69 Å². The summed E-state index contributed by atoms with van der Waals surface area (Å²) >= 11 is 0. The number of nitrogens with one attached hydrogen (secondary N) is 1. The molecule has 0 bridgehead atoms. The fourth-order valence-electron chi connectivity index (χ4n) is 1.49. The fraction of sp³-hybridized carbons (Fsp3) is 0.364. The lowest BCUT2D eigenvalue weighted by Crippen LogP contribution is -2.01. The summed E-state index contributed by atoms with van der Waals surface area (Å²) in [5, 5.41) is 11.6. The topological polar surface area (TPSA) is 54.3 Å². The van der Waals surface area contributed by atoms with Crippen molar-refractivity contribution in [2.75, 3.05) is 18.7 Å². The number of rotatable bonds is 3. The second-order valence-electron chi connectivity index (χ2n) is 3.36. The Morgan fingerprint density at radius 1 is 1.40 bits per heavy atom. The molecule has 0 aliphatic carbocycles. The first kappa shape index (κ1) is 9.66. The SMILES string of the molecule is Cc1cc2c(cc1NCCC#N)OCO2. The van der Waals surface area contributed by atoms with Gasteiger partial charge in [-0.1, -0.05) is 0 Å². The van der Waals surface area contributed by atoms with E-state index in [0.29, 0.717) is 13.0 Å². The van der Waals surface area contributed by atoms with Gasteiger partial charge in [-0.3, -0.25) is 0 Å². The molecule has 78 valence electrons. The van der Waals surface area contributed by atoms with E-state index in [4.69, 9.17) is 14.7 Å². The van der Waals surface area contributed by atoms with Crippen molar-refractivity contribution in [2.45, 2.75) is 13.3 Å². The van der Waals surface area contributed by atoms with Crippen LogP contribution in [0.25, 0.3) is 0 Å². The molecule has 1 aliphatic heterocycles. The number of aryl methyl sites for hydroxylation is 1. The van der Waals surface area contributed by atoms with E-state index in [1.54, 1.807) is 0 Å². The Kier molecular flexibility index (Phi) is 2.64. The Labute approximate surface area is 88.4 Å². The average Bonchev–Trinajstić information content (AvgIpc) is 2.65. The molecule has 4 nitrogen and oxygen atoms in total. The van der Waals surface area contributed by atoms with Crippen LogP contribution in [-0.2, 0) is 0 Å². The quantitative estimate of drug-likeness (QED) is 0.765. The number of hydrogen-bond donors (Lipinski definition) is 1. The van der Waals surface area contributed by atoms with E-state index in [-0.39, 0.29) is 6.79 Å². The Morgan fingerprint density at radius 3 is 2.87 bits per heavy atom. The van der Waals surface area contributed by atoms with Crippen molar-refractivity contribution in [3.05, 3.63) is 17.7 Å². The largest absolute Gasteiger partial charge is 0.454 e. The molecule has 1 aromatic carbocycles. The molecule has 0 fully saturated rings. The molecule has 0 saturated heterocycles. The summed E-state index contributed by atoms with van der Waals surface area (Å²) < 4.78 is 10.5. The van der Waals surface area contributed by atoms with Gasteiger partial charge in [0.15, 0.2) is 11.5 Å². The minimum atomic E-state index is 0.288. The van der Waals surface area contributed by atoms with E-state index < -0.39 is 0 Å². The van der Waals surface area contributed by atoms with Crippen molar-refractivity contribution in [2.24, 2.45) is 0 Å². The van der Waals surface area contributed by atoms with E-state index in [1.165, 1.54) is 0 Å². The van der Waals surface area contributed by atoms with Crippen LogP contribution in [0.5, 0.6) is 11.5 Å². The first-order chi connectivity index (χ1) is 7.31. The first-order valence-corrected chi connectivity index (χ1v) is 4.82. The zero-order valence-corrected chi connectivity index (χ0v) is 8.54. The number of hydrogen-bond acceptors (Lipinski definition) is 4. The van der Waals surface area contributed by atoms with Crippen LogP contribution in [0.15, 0.2) is 12.1 Å². The lowest BCUT2D eigenvalue weighted by Gasteiger charge is -2.08. The normalized spacial score (nSPS) is 12.3. The molecular formula is C11H12N2O2. The van der Waals surface area contributed by atoms with Gasteiger partial charge in [-0.05, 0) is 18.6 Å². The van der Waals surface area contributed by atoms with Crippen LogP contribution in [0, 0.1) is 18.3 Å². The van der Waals surface area contributed by atoms with E-state index in [2.05, 4.69) is 11.4 Å². The highest BCUT2D eigenvalue weighted by Gasteiger charge is 2.15. The van der Waals surface area contributed by atoms with Gasteiger partial charge in [0.2, 0.25) is 6.79 Å². The minimum Gasteiger partial charge on any atom is -0.454 e. The molecule has 2 rings (SSSR count). The summed E-state index contributed by atoms with van der Waals surface area (Å²) in [4.78, 5) is 0. The van der Waals surface area contributed by atoms with Crippen molar-refractivity contribution in [1.29, 1.82) is 5.26 Å². The smallest absolute Gasteiger partial charge is 0.231 e. The molecule has 0 spiro atoms. The average molecular weight is 204 g/mol. The molecule has 1 aromatic rings.